The summed E-state index contributed by atoms with van der Waals surface area (Å²) in [5, 5.41) is 4.14. The number of likely N-dealkylation sites (tertiary alicyclic amines) is 1. The summed E-state index contributed by atoms with van der Waals surface area (Å²) in [5.74, 6) is 1.12. The van der Waals surface area contributed by atoms with Gasteiger partial charge in [-0.3, -0.25) is 0 Å². The van der Waals surface area contributed by atoms with Crippen molar-refractivity contribution in [2.45, 2.75) is 38.7 Å². The molecule has 190 valence electrons. The number of rotatable bonds is 5. The number of benzene rings is 2. The van der Waals surface area contributed by atoms with E-state index in [1.807, 2.05) is 43.0 Å². The minimum absolute atomic E-state index is 0.0599. The van der Waals surface area contributed by atoms with E-state index in [4.69, 9.17) is 4.74 Å². The molecule has 36 heavy (non-hydrogen) atoms. The summed E-state index contributed by atoms with van der Waals surface area (Å²) in [6, 6.07) is 14.1. The van der Waals surface area contributed by atoms with E-state index >= 15 is 0 Å². The van der Waals surface area contributed by atoms with Crippen molar-refractivity contribution in [3.63, 3.8) is 0 Å². The first-order chi connectivity index (χ1) is 17.5. The number of likely N-dealkylation sites (N-methyl/N-ethyl adjacent to an activating group) is 1. The van der Waals surface area contributed by atoms with Crippen molar-refractivity contribution >= 4 is 28.3 Å². The predicted octanol–water partition coefficient (Wildman–Crippen LogP) is 4.58. The zero-order valence-electron chi connectivity index (χ0n) is 21.5. The van der Waals surface area contributed by atoms with Gasteiger partial charge in [0.05, 0.1) is 17.3 Å². The van der Waals surface area contributed by atoms with E-state index in [1.165, 1.54) is 5.69 Å². The summed E-state index contributed by atoms with van der Waals surface area (Å²) in [4.78, 5) is 28.8. The number of nitrogens with zero attached hydrogens (tertiary/aromatic N) is 5. The van der Waals surface area contributed by atoms with Crippen molar-refractivity contribution in [1.29, 1.82) is 0 Å². The number of carbonyl (C=O) groups is 1. The maximum Gasteiger partial charge on any atom is 0.321 e. The Morgan fingerprint density at radius 2 is 1.69 bits per heavy atom. The van der Waals surface area contributed by atoms with Gasteiger partial charge in [0.15, 0.2) is 0 Å². The molecule has 3 heterocycles. The van der Waals surface area contributed by atoms with Crippen LogP contribution in [0, 0.1) is 0 Å². The second-order valence-corrected chi connectivity index (χ2v) is 10.1. The van der Waals surface area contributed by atoms with Crippen LogP contribution in [-0.2, 0) is 0 Å². The van der Waals surface area contributed by atoms with E-state index in [9.17, 15) is 4.79 Å². The summed E-state index contributed by atoms with van der Waals surface area (Å²) in [6.07, 6.45) is 3.59. The Kier molecular flexibility index (Phi) is 7.23. The Bertz CT molecular complexity index is 1180. The molecule has 2 aliphatic heterocycles. The number of aromatic nitrogens is 2. The van der Waals surface area contributed by atoms with Gasteiger partial charge in [0, 0.05) is 61.9 Å². The first-order valence-corrected chi connectivity index (χ1v) is 13.0. The van der Waals surface area contributed by atoms with Gasteiger partial charge in [-0.1, -0.05) is 0 Å². The average Bonchev–Trinajstić information content (AvgIpc) is 2.89. The van der Waals surface area contributed by atoms with Crippen LogP contribution in [0.4, 0.5) is 16.2 Å². The zero-order chi connectivity index (χ0) is 25.1. The molecule has 0 spiro atoms. The molecular weight excluding hydrogens is 452 g/mol. The lowest BCUT2D eigenvalue weighted by Gasteiger charge is -2.34. The quantitative estimate of drug-likeness (QED) is 0.567. The van der Waals surface area contributed by atoms with Crippen LogP contribution in [0.2, 0.25) is 0 Å². The summed E-state index contributed by atoms with van der Waals surface area (Å²) >= 11 is 0. The molecular formula is C28H36N6O2. The fourth-order valence-corrected chi connectivity index (χ4v) is 5.10. The molecule has 0 bridgehead atoms. The van der Waals surface area contributed by atoms with Gasteiger partial charge in [-0.2, -0.15) is 0 Å². The molecule has 8 nitrogen and oxygen atoms in total. The van der Waals surface area contributed by atoms with Crippen LogP contribution < -0.4 is 15.0 Å². The molecule has 3 aromatic rings. The lowest BCUT2D eigenvalue weighted by atomic mass is 9.91. The number of carbonyl (C=O) groups excluding carboxylic acids is 1. The van der Waals surface area contributed by atoms with Gasteiger partial charge in [0.2, 0.25) is 0 Å². The molecule has 0 radical (unpaired) electrons. The molecule has 2 amide bonds. The number of hydrogen-bond donors (Lipinski definition) is 1. The summed E-state index contributed by atoms with van der Waals surface area (Å²) in [7, 11) is 2.17. The van der Waals surface area contributed by atoms with Gasteiger partial charge in [-0.05, 0) is 76.2 Å². The number of piperidine rings is 1. The molecule has 2 saturated heterocycles. The maximum absolute atomic E-state index is 12.8. The van der Waals surface area contributed by atoms with Gasteiger partial charge in [0.25, 0.3) is 0 Å². The third-order valence-electron chi connectivity index (χ3n) is 7.17. The molecule has 8 heteroatoms. The van der Waals surface area contributed by atoms with Crippen molar-refractivity contribution in [3.8, 4) is 5.75 Å². The molecule has 2 fully saturated rings. The SMILES string of the molecule is CC(C)Oc1ccc(NC(=O)N2CCC(c3ncnc4cc(N5CCN(C)CC5)ccc34)CC2)cc1. The van der Waals surface area contributed by atoms with Crippen molar-refractivity contribution in [2.24, 2.45) is 0 Å². The van der Waals surface area contributed by atoms with Crippen molar-refractivity contribution in [3.05, 3.63) is 54.5 Å². The summed E-state index contributed by atoms with van der Waals surface area (Å²) in [6.45, 7) is 9.64. The lowest BCUT2D eigenvalue weighted by molar-refractivity contribution is 0.194. The minimum Gasteiger partial charge on any atom is -0.491 e. The number of fused-ring (bicyclic) bond motifs is 1. The molecule has 0 unspecified atom stereocenters. The summed E-state index contributed by atoms with van der Waals surface area (Å²) < 4.78 is 5.68. The van der Waals surface area contributed by atoms with E-state index in [-0.39, 0.29) is 12.1 Å². The Hall–Kier alpha value is -3.39. The van der Waals surface area contributed by atoms with Gasteiger partial charge in [-0.15, -0.1) is 0 Å². The third kappa shape index (κ3) is 5.54. The fourth-order valence-electron chi connectivity index (χ4n) is 5.10. The zero-order valence-corrected chi connectivity index (χ0v) is 21.5. The fraction of sp³-hybridized carbons (Fsp3) is 0.464. The molecule has 2 aromatic carbocycles. The van der Waals surface area contributed by atoms with Crippen LogP contribution in [0.25, 0.3) is 10.9 Å². The third-order valence-corrected chi connectivity index (χ3v) is 7.17. The van der Waals surface area contributed by atoms with Gasteiger partial charge in [-0.25, -0.2) is 14.8 Å². The second-order valence-electron chi connectivity index (χ2n) is 10.1. The molecule has 1 aromatic heterocycles. The normalized spacial score (nSPS) is 17.6. The van der Waals surface area contributed by atoms with Crippen molar-refractivity contribution < 1.29 is 9.53 Å². The number of urea groups is 1. The Labute approximate surface area is 213 Å². The van der Waals surface area contributed by atoms with Crippen LogP contribution in [0.5, 0.6) is 5.75 Å². The minimum atomic E-state index is -0.0599. The second kappa shape index (κ2) is 10.7. The molecule has 5 rings (SSSR count). The smallest absolute Gasteiger partial charge is 0.321 e. The van der Waals surface area contributed by atoms with Gasteiger partial charge < -0.3 is 24.8 Å². The molecule has 0 atom stereocenters. The number of amides is 2. The van der Waals surface area contributed by atoms with Crippen LogP contribution >= 0.6 is 0 Å². The van der Waals surface area contributed by atoms with E-state index < -0.39 is 0 Å². The highest BCUT2D eigenvalue weighted by molar-refractivity contribution is 5.89. The lowest BCUT2D eigenvalue weighted by Crippen LogP contribution is -2.44. The number of piperazine rings is 1. The molecule has 0 saturated carbocycles. The highest BCUT2D eigenvalue weighted by Crippen LogP contribution is 2.33. The molecule has 0 aliphatic carbocycles. The standard InChI is InChI=1S/C28H36N6O2/c1-20(2)36-24-7-4-22(5-8-24)31-28(35)34-12-10-21(11-13-34)27-25-9-6-23(18-26(25)29-19-30-27)33-16-14-32(3)15-17-33/h4-9,18-21H,10-17H2,1-3H3,(H,31,35). The van der Waals surface area contributed by atoms with Crippen molar-refractivity contribution in [1.82, 2.24) is 19.8 Å². The summed E-state index contributed by atoms with van der Waals surface area (Å²) in [5.41, 5.74) is 4.11. The number of nitrogens with one attached hydrogen (secondary N) is 1. The van der Waals surface area contributed by atoms with Gasteiger partial charge >= 0.3 is 6.03 Å². The van der Waals surface area contributed by atoms with Crippen LogP contribution in [0.3, 0.4) is 0 Å². The predicted molar refractivity (Wildman–Crippen MR) is 144 cm³/mol. The van der Waals surface area contributed by atoms with E-state index in [0.29, 0.717) is 19.0 Å². The number of anilines is 2. The Morgan fingerprint density at radius 1 is 0.972 bits per heavy atom. The molecule has 2 aliphatic rings. The highest BCUT2D eigenvalue weighted by atomic mass is 16.5. The van der Waals surface area contributed by atoms with E-state index in [0.717, 1.165) is 67.1 Å². The largest absolute Gasteiger partial charge is 0.491 e. The topological polar surface area (TPSA) is 73.8 Å². The first kappa shape index (κ1) is 24.3. The van der Waals surface area contributed by atoms with E-state index in [2.05, 4.69) is 50.3 Å². The highest BCUT2D eigenvalue weighted by Gasteiger charge is 2.26. The molecule has 1 N–H and O–H groups in total. The van der Waals surface area contributed by atoms with Gasteiger partial charge in [0.1, 0.15) is 12.1 Å². The average molecular weight is 489 g/mol. The maximum atomic E-state index is 12.8. The number of ether oxygens (including phenoxy) is 1. The Balaban J connectivity index is 1.20. The van der Waals surface area contributed by atoms with E-state index in [1.54, 1.807) is 6.33 Å². The van der Waals surface area contributed by atoms with Crippen LogP contribution in [0.15, 0.2) is 48.8 Å². The Morgan fingerprint density at radius 3 is 2.39 bits per heavy atom. The first-order valence-electron chi connectivity index (χ1n) is 13.0. The van der Waals surface area contributed by atoms with Crippen molar-refractivity contribution in [2.75, 3.05) is 56.5 Å². The monoisotopic (exact) mass is 488 g/mol. The van der Waals surface area contributed by atoms with Crippen LogP contribution in [0.1, 0.15) is 38.3 Å². The number of hydrogen-bond acceptors (Lipinski definition) is 6. The van der Waals surface area contributed by atoms with Crippen LogP contribution in [-0.4, -0.2) is 78.2 Å².